The van der Waals surface area contributed by atoms with Crippen molar-refractivity contribution in [2.75, 3.05) is 11.9 Å². The quantitative estimate of drug-likeness (QED) is 0.688. The molecule has 25 heavy (non-hydrogen) atoms. The van der Waals surface area contributed by atoms with Gasteiger partial charge in [-0.2, -0.15) is 0 Å². The van der Waals surface area contributed by atoms with Gasteiger partial charge in [0.1, 0.15) is 10.8 Å². The number of allylic oxidation sites excluding steroid dienone is 1. The van der Waals surface area contributed by atoms with Gasteiger partial charge in [-0.25, -0.2) is 24.6 Å². The van der Waals surface area contributed by atoms with Crippen molar-refractivity contribution < 1.29 is 15.0 Å². The van der Waals surface area contributed by atoms with E-state index in [1.54, 1.807) is 30.4 Å². The first-order chi connectivity index (χ1) is 12.0. The van der Waals surface area contributed by atoms with Crippen LogP contribution in [0.5, 0.6) is 5.75 Å². The van der Waals surface area contributed by atoms with E-state index in [1.807, 2.05) is 0 Å². The maximum Gasteiger partial charge on any atom is 0.413 e. The first-order valence-corrected chi connectivity index (χ1v) is 7.91. The first kappa shape index (κ1) is 16.4. The van der Waals surface area contributed by atoms with Crippen molar-refractivity contribution in [2.24, 2.45) is 0 Å². The largest absolute Gasteiger partial charge is 0.508 e. The van der Waals surface area contributed by atoms with Crippen molar-refractivity contribution in [3.05, 3.63) is 47.2 Å². The fourth-order valence-electron chi connectivity index (χ4n) is 1.88. The van der Waals surface area contributed by atoms with Crippen LogP contribution in [0.15, 0.2) is 36.7 Å². The number of phenolic OH excluding ortho intramolecular Hbond substituents is 1. The van der Waals surface area contributed by atoms with Gasteiger partial charge in [0.25, 0.3) is 0 Å². The zero-order valence-electron chi connectivity index (χ0n) is 13.0. The molecule has 2 heterocycles. The second-order valence-electron chi connectivity index (χ2n) is 4.92. The number of thiazole rings is 1. The summed E-state index contributed by atoms with van der Waals surface area (Å²) in [6.07, 6.45) is 5.23. The first-order valence-electron chi connectivity index (χ1n) is 7.09. The number of hydrogen-bond donors (Lipinski definition) is 2. The summed E-state index contributed by atoms with van der Waals surface area (Å²) in [5, 5.41) is 19.1. The monoisotopic (exact) mass is 352 g/mol. The maximum atomic E-state index is 10.8. The number of anilines is 1. The highest BCUT2D eigenvalue weighted by Crippen LogP contribution is 2.26. The number of phenols is 1. The van der Waals surface area contributed by atoms with Crippen molar-refractivity contribution in [1.82, 2.24) is 15.0 Å². The Hall–Kier alpha value is -3.44. The number of carboxylic acid groups (broad SMARTS) is 1. The van der Waals surface area contributed by atoms with Gasteiger partial charge in [-0.05, 0) is 30.4 Å². The average Bonchev–Trinajstić information content (AvgIpc) is 3.00. The van der Waals surface area contributed by atoms with Gasteiger partial charge in [0, 0.05) is 19.4 Å². The van der Waals surface area contributed by atoms with Gasteiger partial charge in [-0.3, -0.25) is 0 Å². The van der Waals surface area contributed by atoms with Crippen LogP contribution >= 0.6 is 11.3 Å². The van der Waals surface area contributed by atoms with Gasteiger partial charge < -0.3 is 10.2 Å². The van der Waals surface area contributed by atoms with Gasteiger partial charge in [0.05, 0.1) is 15.8 Å². The SMILES string of the molecule is CN(C(=O)O)c1ncc(C#CC=Cc2nc3ccc(O)cc3s2)cn1. The molecule has 0 atom stereocenters. The highest BCUT2D eigenvalue weighted by molar-refractivity contribution is 7.19. The minimum Gasteiger partial charge on any atom is -0.508 e. The van der Waals surface area contributed by atoms with Crippen LogP contribution < -0.4 is 4.90 Å². The summed E-state index contributed by atoms with van der Waals surface area (Å²) >= 11 is 1.45. The molecule has 2 N–H and O–H groups in total. The Bertz CT molecular complexity index is 1020. The van der Waals surface area contributed by atoms with Crippen LogP contribution in [0.2, 0.25) is 0 Å². The van der Waals surface area contributed by atoms with Crippen molar-refractivity contribution in [2.45, 2.75) is 0 Å². The lowest BCUT2D eigenvalue weighted by molar-refractivity contribution is 0.203. The van der Waals surface area contributed by atoms with Crippen LogP contribution in [-0.2, 0) is 0 Å². The molecule has 0 bridgehead atoms. The maximum absolute atomic E-state index is 10.8. The summed E-state index contributed by atoms with van der Waals surface area (Å²) in [6.45, 7) is 0. The molecule has 3 aromatic rings. The number of rotatable bonds is 2. The second kappa shape index (κ2) is 6.98. The molecule has 0 aliphatic heterocycles. The normalized spacial score (nSPS) is 10.6. The Balaban J connectivity index is 1.70. The van der Waals surface area contributed by atoms with E-state index in [0.29, 0.717) is 5.56 Å². The Morgan fingerprint density at radius 2 is 2.08 bits per heavy atom. The lowest BCUT2D eigenvalue weighted by Crippen LogP contribution is -2.25. The highest BCUT2D eigenvalue weighted by Gasteiger charge is 2.10. The molecule has 0 saturated carbocycles. The molecule has 0 unspecified atom stereocenters. The fraction of sp³-hybridized carbons (Fsp3) is 0.0588. The average molecular weight is 352 g/mol. The molecule has 2 aromatic heterocycles. The van der Waals surface area contributed by atoms with Crippen LogP contribution in [0.3, 0.4) is 0 Å². The summed E-state index contributed by atoms with van der Waals surface area (Å²) < 4.78 is 0.902. The molecule has 0 fully saturated rings. The van der Waals surface area contributed by atoms with Gasteiger partial charge in [0.15, 0.2) is 0 Å². The Labute approximate surface area is 146 Å². The molecule has 0 spiro atoms. The molecule has 0 aliphatic carbocycles. The third kappa shape index (κ3) is 3.91. The zero-order valence-corrected chi connectivity index (χ0v) is 13.9. The highest BCUT2D eigenvalue weighted by atomic mass is 32.1. The molecule has 7 nitrogen and oxygen atoms in total. The minimum atomic E-state index is -1.13. The molecular formula is C17H12N4O3S. The number of aromatic nitrogens is 3. The molecular weight excluding hydrogens is 340 g/mol. The molecule has 3 rings (SSSR count). The topological polar surface area (TPSA) is 99.4 Å². The summed E-state index contributed by atoms with van der Waals surface area (Å²) in [7, 11) is 1.36. The molecule has 8 heteroatoms. The van der Waals surface area contributed by atoms with Crippen molar-refractivity contribution in [3.8, 4) is 17.6 Å². The van der Waals surface area contributed by atoms with E-state index in [9.17, 15) is 9.90 Å². The van der Waals surface area contributed by atoms with Crippen LogP contribution in [0.1, 0.15) is 10.6 Å². The van der Waals surface area contributed by atoms with Gasteiger partial charge >= 0.3 is 6.09 Å². The molecule has 1 aromatic carbocycles. The summed E-state index contributed by atoms with van der Waals surface area (Å²) in [5.74, 6) is 6.02. The predicted octanol–water partition coefficient (Wildman–Crippen LogP) is 2.97. The minimum absolute atomic E-state index is 0.0892. The van der Waals surface area contributed by atoms with Crippen molar-refractivity contribution in [1.29, 1.82) is 0 Å². The van der Waals surface area contributed by atoms with Crippen molar-refractivity contribution in [3.63, 3.8) is 0 Å². The van der Waals surface area contributed by atoms with Gasteiger partial charge in [-0.1, -0.05) is 11.8 Å². The van der Waals surface area contributed by atoms with E-state index in [2.05, 4.69) is 26.8 Å². The number of benzene rings is 1. The van der Waals surface area contributed by atoms with Gasteiger partial charge in [0.2, 0.25) is 5.95 Å². The summed E-state index contributed by atoms with van der Waals surface area (Å²) in [6, 6.07) is 5.03. The van der Waals surface area contributed by atoms with Crippen LogP contribution in [0.25, 0.3) is 16.3 Å². The summed E-state index contributed by atoms with van der Waals surface area (Å²) in [4.78, 5) is 24.0. The Kier molecular flexibility index (Phi) is 4.59. The number of aromatic hydroxyl groups is 1. The van der Waals surface area contributed by atoms with E-state index in [-0.39, 0.29) is 11.7 Å². The van der Waals surface area contributed by atoms with E-state index in [0.717, 1.165) is 20.1 Å². The second-order valence-corrected chi connectivity index (χ2v) is 5.98. The predicted molar refractivity (Wildman–Crippen MR) is 95.7 cm³/mol. The van der Waals surface area contributed by atoms with E-state index < -0.39 is 6.09 Å². The molecule has 0 saturated heterocycles. The van der Waals surface area contributed by atoms with E-state index in [4.69, 9.17) is 5.11 Å². The Morgan fingerprint density at radius 3 is 2.80 bits per heavy atom. The smallest absolute Gasteiger partial charge is 0.413 e. The van der Waals surface area contributed by atoms with Crippen LogP contribution in [0.4, 0.5) is 10.7 Å². The molecule has 124 valence electrons. The summed E-state index contributed by atoms with van der Waals surface area (Å²) in [5.41, 5.74) is 1.39. The van der Waals surface area contributed by atoms with Crippen molar-refractivity contribution >= 4 is 39.7 Å². The lowest BCUT2D eigenvalue weighted by Gasteiger charge is -2.09. The number of amides is 1. The van der Waals surface area contributed by atoms with Crippen LogP contribution in [-0.4, -0.2) is 38.3 Å². The third-order valence-electron chi connectivity index (χ3n) is 3.14. The van der Waals surface area contributed by atoms with Gasteiger partial charge in [-0.15, -0.1) is 11.3 Å². The van der Waals surface area contributed by atoms with E-state index in [1.165, 1.54) is 30.8 Å². The lowest BCUT2D eigenvalue weighted by atomic mass is 10.3. The standard InChI is InChI=1S/C17H12N4O3S/c1-21(17(23)24)16-18-9-11(10-19-16)4-2-3-5-15-20-13-7-6-12(22)8-14(13)25-15/h3,5-10,22H,1H3,(H,23,24). The number of hydrogen-bond acceptors (Lipinski definition) is 6. The fourth-order valence-corrected chi connectivity index (χ4v) is 2.79. The number of fused-ring (bicyclic) bond motifs is 1. The Morgan fingerprint density at radius 1 is 1.32 bits per heavy atom. The number of carbonyl (C=O) groups is 1. The van der Waals surface area contributed by atoms with E-state index >= 15 is 0 Å². The molecule has 0 aliphatic rings. The molecule has 1 amide bonds. The zero-order chi connectivity index (χ0) is 17.8. The van der Waals surface area contributed by atoms with Crippen LogP contribution in [0, 0.1) is 11.8 Å². The molecule has 0 radical (unpaired) electrons. The third-order valence-corrected chi connectivity index (χ3v) is 4.12. The number of nitrogens with zero attached hydrogens (tertiary/aromatic N) is 4.